The van der Waals surface area contributed by atoms with Gasteiger partial charge in [-0.1, -0.05) is 23.5 Å². The van der Waals surface area contributed by atoms with Crippen molar-refractivity contribution in [3.63, 3.8) is 0 Å². The maximum atomic E-state index is 14.2. The van der Waals surface area contributed by atoms with Gasteiger partial charge in [0.2, 0.25) is 0 Å². The van der Waals surface area contributed by atoms with E-state index in [4.69, 9.17) is 0 Å². The molecule has 0 saturated carbocycles. The second kappa shape index (κ2) is 6.20. The Kier molecular flexibility index (Phi) is 4.34. The quantitative estimate of drug-likeness (QED) is 0.697. The molecule has 0 unspecified atom stereocenters. The van der Waals surface area contributed by atoms with Crippen molar-refractivity contribution in [2.24, 2.45) is 0 Å². The Balaban J connectivity index is 2.19. The van der Waals surface area contributed by atoms with Gasteiger partial charge in [-0.2, -0.15) is 0 Å². The third kappa shape index (κ3) is 3.27. The molecule has 0 atom stereocenters. The summed E-state index contributed by atoms with van der Waals surface area (Å²) in [4.78, 5) is 11.4. The van der Waals surface area contributed by atoms with E-state index in [9.17, 15) is 22.0 Å². The molecule has 1 aromatic heterocycles. The van der Waals surface area contributed by atoms with E-state index in [0.29, 0.717) is 22.5 Å². The lowest BCUT2D eigenvalue weighted by Crippen LogP contribution is -2.12. The summed E-state index contributed by atoms with van der Waals surface area (Å²) in [5.41, 5.74) is 1.44. The molecule has 25 heavy (non-hydrogen) atoms. The van der Waals surface area contributed by atoms with Crippen LogP contribution in [0.25, 0.3) is 16.9 Å². The molecular formula is C17H13F2NO3S2. The van der Waals surface area contributed by atoms with E-state index < -0.39 is 26.4 Å². The SMILES string of the molecule is Cc1ccc(-n2c(-c3ccc(S(C)(=O)=O)c(F)c3)csc2=O)cc1F. The molecule has 0 aliphatic rings. The number of sulfone groups is 1. The summed E-state index contributed by atoms with van der Waals surface area (Å²) in [6.45, 7) is 1.61. The van der Waals surface area contributed by atoms with E-state index in [1.54, 1.807) is 19.1 Å². The number of aryl methyl sites for hydroxylation is 1. The predicted octanol–water partition coefficient (Wildman–Crippen LogP) is 3.56. The first-order valence-electron chi connectivity index (χ1n) is 7.15. The first-order valence-corrected chi connectivity index (χ1v) is 9.92. The van der Waals surface area contributed by atoms with Gasteiger partial charge < -0.3 is 0 Å². The Labute approximate surface area is 146 Å². The molecule has 0 fully saturated rings. The minimum Gasteiger partial charge on any atom is -0.267 e. The predicted molar refractivity (Wildman–Crippen MR) is 93.1 cm³/mol. The average Bonchev–Trinajstić information content (AvgIpc) is 2.90. The second-order valence-corrected chi connectivity index (χ2v) is 8.38. The van der Waals surface area contributed by atoms with Gasteiger partial charge in [0.25, 0.3) is 0 Å². The average molecular weight is 381 g/mol. The molecule has 2 aromatic carbocycles. The Morgan fingerprint density at radius 1 is 1.04 bits per heavy atom. The lowest BCUT2D eigenvalue weighted by Gasteiger charge is -2.10. The van der Waals surface area contributed by atoms with Gasteiger partial charge in [0.1, 0.15) is 16.5 Å². The third-order valence-electron chi connectivity index (χ3n) is 3.74. The Morgan fingerprint density at radius 2 is 1.76 bits per heavy atom. The van der Waals surface area contributed by atoms with Crippen LogP contribution in [-0.4, -0.2) is 19.2 Å². The highest BCUT2D eigenvalue weighted by molar-refractivity contribution is 7.90. The molecule has 3 aromatic rings. The van der Waals surface area contributed by atoms with Gasteiger partial charge in [-0.25, -0.2) is 17.2 Å². The molecule has 0 radical (unpaired) electrons. The monoisotopic (exact) mass is 381 g/mol. The van der Waals surface area contributed by atoms with Crippen LogP contribution in [0.1, 0.15) is 5.56 Å². The topological polar surface area (TPSA) is 56.1 Å². The van der Waals surface area contributed by atoms with Gasteiger partial charge in [0.15, 0.2) is 9.84 Å². The van der Waals surface area contributed by atoms with Crippen LogP contribution >= 0.6 is 11.3 Å². The molecule has 4 nitrogen and oxygen atoms in total. The van der Waals surface area contributed by atoms with Crippen LogP contribution in [0, 0.1) is 18.6 Å². The van der Waals surface area contributed by atoms with Crippen molar-refractivity contribution >= 4 is 21.2 Å². The highest BCUT2D eigenvalue weighted by atomic mass is 32.2. The minimum atomic E-state index is -3.69. The highest BCUT2D eigenvalue weighted by Crippen LogP contribution is 2.27. The van der Waals surface area contributed by atoms with Crippen LogP contribution < -0.4 is 4.87 Å². The summed E-state index contributed by atoms with van der Waals surface area (Å²) in [6, 6.07) is 8.00. The number of nitrogens with zero attached hydrogens (tertiary/aromatic N) is 1. The number of rotatable bonds is 3. The van der Waals surface area contributed by atoms with Gasteiger partial charge in [-0.3, -0.25) is 9.36 Å². The fourth-order valence-corrected chi connectivity index (χ4v) is 3.92. The van der Waals surface area contributed by atoms with Crippen molar-refractivity contribution < 1.29 is 17.2 Å². The number of thiazole rings is 1. The molecule has 0 amide bonds. The molecular weight excluding hydrogens is 368 g/mol. The molecule has 0 aliphatic carbocycles. The maximum Gasteiger partial charge on any atom is 0.312 e. The summed E-state index contributed by atoms with van der Waals surface area (Å²) in [5, 5.41) is 1.52. The van der Waals surface area contributed by atoms with Gasteiger partial charge >= 0.3 is 4.87 Å². The molecule has 8 heteroatoms. The summed E-state index contributed by atoms with van der Waals surface area (Å²) in [6.07, 6.45) is 0.917. The minimum absolute atomic E-state index is 0.317. The number of halogens is 2. The largest absolute Gasteiger partial charge is 0.312 e. The second-order valence-electron chi connectivity index (χ2n) is 5.57. The van der Waals surface area contributed by atoms with Crippen molar-refractivity contribution in [3.8, 4) is 16.9 Å². The molecule has 0 saturated heterocycles. The van der Waals surface area contributed by atoms with Gasteiger partial charge in [0, 0.05) is 17.2 Å². The summed E-state index contributed by atoms with van der Waals surface area (Å²) >= 11 is 0.891. The molecule has 130 valence electrons. The fourth-order valence-electron chi connectivity index (χ4n) is 2.43. The zero-order chi connectivity index (χ0) is 18.4. The lowest BCUT2D eigenvalue weighted by molar-refractivity contribution is 0.571. The van der Waals surface area contributed by atoms with Crippen LogP contribution in [0.4, 0.5) is 8.78 Å². The molecule has 0 spiro atoms. The van der Waals surface area contributed by atoms with Crippen molar-refractivity contribution in [1.29, 1.82) is 0 Å². The van der Waals surface area contributed by atoms with Gasteiger partial charge in [-0.05, 0) is 36.8 Å². The number of aromatic nitrogens is 1. The van der Waals surface area contributed by atoms with E-state index in [-0.39, 0.29) is 4.87 Å². The molecule has 1 heterocycles. The third-order valence-corrected chi connectivity index (χ3v) is 5.59. The van der Waals surface area contributed by atoms with E-state index in [2.05, 4.69) is 0 Å². The maximum absolute atomic E-state index is 14.2. The number of hydrogen-bond acceptors (Lipinski definition) is 4. The van der Waals surface area contributed by atoms with Crippen LogP contribution in [-0.2, 0) is 9.84 Å². The van der Waals surface area contributed by atoms with Gasteiger partial charge in [-0.15, -0.1) is 0 Å². The fraction of sp³-hybridized carbons (Fsp3) is 0.118. The van der Waals surface area contributed by atoms with Crippen LogP contribution in [0.5, 0.6) is 0 Å². The summed E-state index contributed by atoms with van der Waals surface area (Å²) in [5.74, 6) is -1.36. The summed E-state index contributed by atoms with van der Waals surface area (Å²) in [7, 11) is -3.69. The number of benzene rings is 2. The van der Waals surface area contributed by atoms with Gasteiger partial charge in [0.05, 0.1) is 11.4 Å². The van der Waals surface area contributed by atoms with Crippen molar-refractivity contribution in [3.05, 3.63) is 68.6 Å². The normalized spacial score (nSPS) is 11.7. The van der Waals surface area contributed by atoms with E-state index >= 15 is 0 Å². The zero-order valence-corrected chi connectivity index (χ0v) is 14.9. The van der Waals surface area contributed by atoms with Crippen molar-refractivity contribution in [2.45, 2.75) is 11.8 Å². The molecule has 3 rings (SSSR count). The molecule has 0 N–H and O–H groups in total. The summed E-state index contributed by atoms with van der Waals surface area (Å²) < 4.78 is 52.3. The first kappa shape index (κ1) is 17.5. The smallest absolute Gasteiger partial charge is 0.267 e. The van der Waals surface area contributed by atoms with Crippen LogP contribution in [0.3, 0.4) is 0 Å². The first-order chi connectivity index (χ1) is 11.7. The highest BCUT2D eigenvalue weighted by Gasteiger charge is 2.17. The van der Waals surface area contributed by atoms with E-state index in [0.717, 1.165) is 29.7 Å². The van der Waals surface area contributed by atoms with E-state index in [1.807, 2.05) is 0 Å². The lowest BCUT2D eigenvalue weighted by atomic mass is 10.1. The zero-order valence-electron chi connectivity index (χ0n) is 13.3. The Bertz CT molecular complexity index is 1130. The molecule has 0 aliphatic heterocycles. The Morgan fingerprint density at radius 3 is 2.36 bits per heavy atom. The van der Waals surface area contributed by atoms with Crippen molar-refractivity contribution in [2.75, 3.05) is 6.26 Å². The van der Waals surface area contributed by atoms with E-state index in [1.165, 1.54) is 22.1 Å². The molecule has 0 bridgehead atoms. The van der Waals surface area contributed by atoms with Crippen LogP contribution in [0.15, 0.2) is 51.5 Å². The standard InChI is InChI=1S/C17H13F2NO3S2/c1-10-3-5-12(8-13(10)18)20-15(9-24-17(20)21)11-4-6-16(14(19)7-11)25(2,22)23/h3-9H,1-2H3. The Hall–Kier alpha value is -2.32. The van der Waals surface area contributed by atoms with Crippen LogP contribution in [0.2, 0.25) is 0 Å². The van der Waals surface area contributed by atoms with Crippen molar-refractivity contribution in [1.82, 2.24) is 4.57 Å². The number of hydrogen-bond donors (Lipinski definition) is 0.